The summed E-state index contributed by atoms with van der Waals surface area (Å²) in [4.78, 5) is 14.2. The van der Waals surface area contributed by atoms with Gasteiger partial charge in [-0.15, -0.1) is 0 Å². The Morgan fingerprint density at radius 1 is 1.28 bits per heavy atom. The Morgan fingerprint density at radius 2 is 2.11 bits per heavy atom. The predicted octanol–water partition coefficient (Wildman–Crippen LogP) is 3.07. The van der Waals surface area contributed by atoms with Gasteiger partial charge in [-0.25, -0.2) is 4.79 Å². The van der Waals surface area contributed by atoms with Crippen molar-refractivity contribution in [1.29, 1.82) is 0 Å². The summed E-state index contributed by atoms with van der Waals surface area (Å²) in [5, 5.41) is 3.16. The molecule has 1 aromatic heterocycles. The number of rotatable bonds is 2. The van der Waals surface area contributed by atoms with Crippen molar-refractivity contribution in [2.45, 2.75) is 50.6 Å². The van der Waals surface area contributed by atoms with E-state index in [1.807, 2.05) is 17.0 Å². The van der Waals surface area contributed by atoms with Crippen LogP contribution in [0, 0.1) is 0 Å². The van der Waals surface area contributed by atoms with Gasteiger partial charge in [0.1, 0.15) is 5.76 Å². The number of furan rings is 1. The zero-order chi connectivity index (χ0) is 12.4. The van der Waals surface area contributed by atoms with E-state index < -0.39 is 0 Å². The van der Waals surface area contributed by atoms with Gasteiger partial charge in [0, 0.05) is 12.6 Å². The molecule has 2 heterocycles. The third kappa shape index (κ3) is 2.24. The molecule has 4 heteroatoms. The summed E-state index contributed by atoms with van der Waals surface area (Å²) in [6, 6.07) is 4.45. The molecule has 18 heavy (non-hydrogen) atoms. The maximum Gasteiger partial charge on any atom is 0.318 e. The molecule has 1 aliphatic carbocycles. The van der Waals surface area contributed by atoms with Crippen LogP contribution in [0.4, 0.5) is 4.79 Å². The normalized spacial score (nSPS) is 24.7. The highest BCUT2D eigenvalue weighted by molar-refractivity contribution is 5.75. The van der Waals surface area contributed by atoms with Gasteiger partial charge in [-0.05, 0) is 37.8 Å². The topological polar surface area (TPSA) is 45.5 Å². The van der Waals surface area contributed by atoms with Gasteiger partial charge in [0.25, 0.3) is 0 Å². The fraction of sp³-hybridized carbons (Fsp3) is 0.643. The summed E-state index contributed by atoms with van der Waals surface area (Å²) in [5.41, 5.74) is 0. The van der Waals surface area contributed by atoms with Gasteiger partial charge in [0.15, 0.2) is 0 Å². The second kappa shape index (κ2) is 5.04. The van der Waals surface area contributed by atoms with Crippen LogP contribution in [0.5, 0.6) is 0 Å². The molecular weight excluding hydrogens is 228 g/mol. The van der Waals surface area contributed by atoms with E-state index in [1.54, 1.807) is 6.26 Å². The van der Waals surface area contributed by atoms with Crippen molar-refractivity contribution in [2.24, 2.45) is 0 Å². The molecule has 0 aromatic carbocycles. The maximum atomic E-state index is 12.3. The average molecular weight is 248 g/mol. The van der Waals surface area contributed by atoms with E-state index in [2.05, 4.69) is 5.32 Å². The predicted molar refractivity (Wildman–Crippen MR) is 68.2 cm³/mol. The number of carbonyl (C=O) groups is 1. The zero-order valence-electron chi connectivity index (χ0n) is 10.6. The highest BCUT2D eigenvalue weighted by atomic mass is 16.3. The zero-order valence-corrected chi connectivity index (χ0v) is 10.6. The van der Waals surface area contributed by atoms with E-state index in [4.69, 9.17) is 4.42 Å². The van der Waals surface area contributed by atoms with Crippen molar-refractivity contribution in [3.63, 3.8) is 0 Å². The molecule has 1 saturated heterocycles. The molecule has 4 nitrogen and oxygen atoms in total. The fourth-order valence-corrected chi connectivity index (χ4v) is 3.11. The summed E-state index contributed by atoms with van der Waals surface area (Å²) in [6.45, 7) is 0.837. The summed E-state index contributed by atoms with van der Waals surface area (Å²) < 4.78 is 5.45. The highest BCUT2D eigenvalue weighted by Gasteiger charge is 2.32. The standard InChI is InChI=1S/C14H20N2O2/c17-14(15-11-5-1-2-6-11)16-9-3-7-12(16)13-8-4-10-18-13/h4,8,10-12H,1-3,5-7,9H2,(H,15,17). The quantitative estimate of drug-likeness (QED) is 0.874. The van der Waals surface area contributed by atoms with Crippen molar-refractivity contribution in [3.8, 4) is 0 Å². The Hall–Kier alpha value is -1.45. The number of amides is 2. The van der Waals surface area contributed by atoms with E-state index in [1.165, 1.54) is 12.8 Å². The fourth-order valence-electron chi connectivity index (χ4n) is 3.11. The van der Waals surface area contributed by atoms with Gasteiger partial charge in [-0.2, -0.15) is 0 Å². The van der Waals surface area contributed by atoms with Crippen LogP contribution in [0.15, 0.2) is 22.8 Å². The molecule has 1 aromatic rings. The van der Waals surface area contributed by atoms with Gasteiger partial charge in [-0.1, -0.05) is 12.8 Å². The number of nitrogens with one attached hydrogen (secondary N) is 1. The van der Waals surface area contributed by atoms with Gasteiger partial charge in [0.05, 0.1) is 12.3 Å². The second-order valence-corrected chi connectivity index (χ2v) is 5.30. The van der Waals surface area contributed by atoms with Crippen molar-refractivity contribution >= 4 is 6.03 Å². The number of hydrogen-bond donors (Lipinski definition) is 1. The van der Waals surface area contributed by atoms with Gasteiger partial charge >= 0.3 is 6.03 Å². The van der Waals surface area contributed by atoms with Gasteiger partial charge in [0.2, 0.25) is 0 Å². The molecule has 3 rings (SSSR count). The van der Waals surface area contributed by atoms with Crippen LogP contribution in [0.1, 0.15) is 50.3 Å². The Kier molecular flexibility index (Phi) is 3.26. The SMILES string of the molecule is O=C(NC1CCCC1)N1CCCC1c1ccco1. The summed E-state index contributed by atoms with van der Waals surface area (Å²) in [7, 11) is 0. The van der Waals surface area contributed by atoms with E-state index in [0.717, 1.165) is 38.0 Å². The van der Waals surface area contributed by atoms with Gasteiger partial charge in [-0.3, -0.25) is 0 Å². The van der Waals surface area contributed by atoms with Crippen LogP contribution in [0.3, 0.4) is 0 Å². The van der Waals surface area contributed by atoms with Crippen LogP contribution < -0.4 is 5.32 Å². The Balaban J connectivity index is 1.65. The van der Waals surface area contributed by atoms with E-state index >= 15 is 0 Å². The molecule has 1 unspecified atom stereocenters. The summed E-state index contributed by atoms with van der Waals surface area (Å²) >= 11 is 0. The first kappa shape index (κ1) is 11.6. The highest BCUT2D eigenvalue weighted by Crippen LogP contribution is 2.32. The molecule has 2 fully saturated rings. The van der Waals surface area contributed by atoms with Crippen LogP contribution in [0.25, 0.3) is 0 Å². The molecule has 98 valence electrons. The minimum absolute atomic E-state index is 0.0841. The smallest absolute Gasteiger partial charge is 0.318 e. The van der Waals surface area contributed by atoms with Crippen LogP contribution in [-0.4, -0.2) is 23.5 Å². The van der Waals surface area contributed by atoms with Crippen molar-refractivity contribution in [3.05, 3.63) is 24.2 Å². The number of urea groups is 1. The third-order valence-corrected chi connectivity index (χ3v) is 4.07. The lowest BCUT2D eigenvalue weighted by atomic mass is 10.2. The first-order valence-electron chi connectivity index (χ1n) is 6.95. The molecule has 1 N–H and O–H groups in total. The number of likely N-dealkylation sites (tertiary alicyclic amines) is 1. The van der Waals surface area contributed by atoms with E-state index in [0.29, 0.717) is 6.04 Å². The first-order valence-corrected chi connectivity index (χ1v) is 6.95. The lowest BCUT2D eigenvalue weighted by Crippen LogP contribution is -2.43. The lowest BCUT2D eigenvalue weighted by molar-refractivity contribution is 0.182. The number of nitrogens with zero attached hydrogens (tertiary/aromatic N) is 1. The first-order chi connectivity index (χ1) is 8.84. The molecular formula is C14H20N2O2. The number of carbonyl (C=O) groups excluding carboxylic acids is 1. The monoisotopic (exact) mass is 248 g/mol. The summed E-state index contributed by atoms with van der Waals surface area (Å²) in [5.74, 6) is 0.911. The van der Waals surface area contributed by atoms with Crippen LogP contribution >= 0.6 is 0 Å². The molecule has 0 spiro atoms. The molecule has 1 aliphatic heterocycles. The van der Waals surface area contributed by atoms with Crippen LogP contribution in [-0.2, 0) is 0 Å². The molecule has 1 atom stereocenters. The van der Waals surface area contributed by atoms with Crippen molar-refractivity contribution < 1.29 is 9.21 Å². The Morgan fingerprint density at radius 3 is 2.83 bits per heavy atom. The maximum absolute atomic E-state index is 12.3. The third-order valence-electron chi connectivity index (χ3n) is 4.07. The second-order valence-electron chi connectivity index (χ2n) is 5.30. The molecule has 2 aliphatic rings. The lowest BCUT2D eigenvalue weighted by Gasteiger charge is -2.25. The molecule has 0 radical (unpaired) electrons. The minimum atomic E-state index is 0.0841. The van der Waals surface area contributed by atoms with Crippen molar-refractivity contribution in [2.75, 3.05) is 6.54 Å². The summed E-state index contributed by atoms with van der Waals surface area (Å²) in [6.07, 6.45) is 8.49. The molecule has 0 bridgehead atoms. The number of hydrogen-bond acceptors (Lipinski definition) is 2. The van der Waals surface area contributed by atoms with Crippen molar-refractivity contribution in [1.82, 2.24) is 10.2 Å². The Bertz CT molecular complexity index is 396. The van der Waals surface area contributed by atoms with E-state index in [-0.39, 0.29) is 12.1 Å². The molecule has 1 saturated carbocycles. The largest absolute Gasteiger partial charge is 0.467 e. The minimum Gasteiger partial charge on any atom is -0.467 e. The van der Waals surface area contributed by atoms with Gasteiger partial charge < -0.3 is 14.6 Å². The Labute approximate surface area is 107 Å². The van der Waals surface area contributed by atoms with Crippen LogP contribution in [0.2, 0.25) is 0 Å². The van der Waals surface area contributed by atoms with E-state index in [9.17, 15) is 4.79 Å². The molecule has 2 amide bonds. The average Bonchev–Trinajstić information content (AvgIpc) is 3.11.